The maximum atomic E-state index is 12.0. The molecule has 1 aliphatic rings. The van der Waals surface area contributed by atoms with Crippen molar-refractivity contribution in [2.24, 2.45) is 11.8 Å². The molecule has 1 amide bonds. The zero-order valence-corrected chi connectivity index (χ0v) is 14.2. The SMILES string of the molecule is CS(=O)(=O)c1ccc(OCCNC(=O)[C@@H]2CC[C@H](C(=O)O)C2)cc1. The number of benzene rings is 1. The van der Waals surface area contributed by atoms with Gasteiger partial charge in [0, 0.05) is 12.2 Å². The van der Waals surface area contributed by atoms with Crippen LogP contribution >= 0.6 is 0 Å². The van der Waals surface area contributed by atoms with Crippen molar-refractivity contribution in [3.63, 3.8) is 0 Å². The maximum Gasteiger partial charge on any atom is 0.306 e. The van der Waals surface area contributed by atoms with Gasteiger partial charge in [-0.15, -0.1) is 0 Å². The fourth-order valence-corrected chi connectivity index (χ4v) is 3.34. The number of hydrogen-bond acceptors (Lipinski definition) is 5. The van der Waals surface area contributed by atoms with Crippen molar-refractivity contribution in [2.45, 2.75) is 24.2 Å². The van der Waals surface area contributed by atoms with Gasteiger partial charge in [-0.1, -0.05) is 0 Å². The molecule has 2 rings (SSSR count). The number of hydrogen-bond donors (Lipinski definition) is 2. The van der Waals surface area contributed by atoms with Crippen LogP contribution < -0.4 is 10.1 Å². The Hall–Kier alpha value is -2.09. The lowest BCUT2D eigenvalue weighted by molar-refractivity contribution is -0.141. The molecule has 0 bridgehead atoms. The van der Waals surface area contributed by atoms with Crippen molar-refractivity contribution in [3.05, 3.63) is 24.3 Å². The number of ether oxygens (including phenoxy) is 1. The molecule has 1 saturated carbocycles. The van der Waals surface area contributed by atoms with Gasteiger partial charge in [0.05, 0.1) is 17.4 Å². The van der Waals surface area contributed by atoms with Crippen LogP contribution in [0.25, 0.3) is 0 Å². The number of carbonyl (C=O) groups is 2. The minimum atomic E-state index is -3.23. The maximum absolute atomic E-state index is 12.0. The highest BCUT2D eigenvalue weighted by Gasteiger charge is 2.33. The van der Waals surface area contributed by atoms with Crippen LogP contribution in [0.15, 0.2) is 29.2 Å². The first kappa shape index (κ1) is 18.3. The Morgan fingerprint density at radius 3 is 2.38 bits per heavy atom. The molecule has 1 fully saturated rings. The van der Waals surface area contributed by atoms with Gasteiger partial charge >= 0.3 is 5.97 Å². The normalized spacial score (nSPS) is 20.5. The number of nitrogens with one attached hydrogen (secondary N) is 1. The summed E-state index contributed by atoms with van der Waals surface area (Å²) in [4.78, 5) is 23.1. The summed E-state index contributed by atoms with van der Waals surface area (Å²) >= 11 is 0. The number of carboxylic acid groups (broad SMARTS) is 1. The first-order valence-electron chi connectivity index (χ1n) is 7.71. The topological polar surface area (TPSA) is 110 Å². The van der Waals surface area contributed by atoms with E-state index in [1.807, 2.05) is 0 Å². The zero-order valence-electron chi connectivity index (χ0n) is 13.4. The predicted octanol–water partition coefficient (Wildman–Crippen LogP) is 1.09. The van der Waals surface area contributed by atoms with Gasteiger partial charge in [0.1, 0.15) is 12.4 Å². The van der Waals surface area contributed by atoms with E-state index in [9.17, 15) is 18.0 Å². The van der Waals surface area contributed by atoms with Crippen molar-refractivity contribution < 1.29 is 27.9 Å². The first-order valence-corrected chi connectivity index (χ1v) is 9.60. The van der Waals surface area contributed by atoms with E-state index in [1.165, 1.54) is 12.1 Å². The Morgan fingerprint density at radius 2 is 1.83 bits per heavy atom. The molecule has 2 N–H and O–H groups in total. The fourth-order valence-electron chi connectivity index (χ4n) is 2.71. The Kier molecular flexibility index (Phi) is 5.82. The molecular weight excluding hydrogens is 334 g/mol. The molecular formula is C16H21NO6S. The summed E-state index contributed by atoms with van der Waals surface area (Å²) in [5.41, 5.74) is 0. The highest BCUT2D eigenvalue weighted by molar-refractivity contribution is 7.90. The van der Waals surface area contributed by atoms with E-state index in [1.54, 1.807) is 12.1 Å². The van der Waals surface area contributed by atoms with E-state index < -0.39 is 21.7 Å². The summed E-state index contributed by atoms with van der Waals surface area (Å²) in [6, 6.07) is 6.06. The number of carbonyl (C=O) groups excluding carboxylic acids is 1. The molecule has 0 aliphatic heterocycles. The van der Waals surface area contributed by atoms with Gasteiger partial charge in [0.25, 0.3) is 0 Å². The van der Waals surface area contributed by atoms with E-state index in [-0.39, 0.29) is 23.3 Å². The zero-order chi connectivity index (χ0) is 17.7. The minimum Gasteiger partial charge on any atom is -0.492 e. The van der Waals surface area contributed by atoms with Gasteiger partial charge in [-0.05, 0) is 43.5 Å². The van der Waals surface area contributed by atoms with Crippen LogP contribution in [0.2, 0.25) is 0 Å². The molecule has 0 radical (unpaired) electrons. The quantitative estimate of drug-likeness (QED) is 0.709. The molecule has 2 atom stereocenters. The molecule has 24 heavy (non-hydrogen) atoms. The number of aliphatic carboxylic acids is 1. The summed E-state index contributed by atoms with van der Waals surface area (Å²) in [6.07, 6.45) is 2.65. The Labute approximate surface area is 140 Å². The van der Waals surface area contributed by atoms with Gasteiger partial charge in [-0.25, -0.2) is 8.42 Å². The van der Waals surface area contributed by atoms with E-state index in [0.29, 0.717) is 31.6 Å². The molecule has 8 heteroatoms. The van der Waals surface area contributed by atoms with Crippen LogP contribution in [-0.2, 0) is 19.4 Å². The van der Waals surface area contributed by atoms with Crippen molar-refractivity contribution in [1.82, 2.24) is 5.32 Å². The third-order valence-corrected chi connectivity index (χ3v) is 5.20. The van der Waals surface area contributed by atoms with Crippen LogP contribution in [0.5, 0.6) is 5.75 Å². The summed E-state index contributed by atoms with van der Waals surface area (Å²) < 4.78 is 28.1. The fraction of sp³-hybridized carbons (Fsp3) is 0.500. The van der Waals surface area contributed by atoms with Crippen molar-refractivity contribution >= 4 is 21.7 Å². The molecule has 0 saturated heterocycles. The van der Waals surface area contributed by atoms with Gasteiger partial charge in [0.15, 0.2) is 9.84 Å². The van der Waals surface area contributed by atoms with Gasteiger partial charge in [0.2, 0.25) is 5.91 Å². The Morgan fingerprint density at radius 1 is 1.21 bits per heavy atom. The highest BCUT2D eigenvalue weighted by Crippen LogP contribution is 2.31. The molecule has 0 spiro atoms. The molecule has 1 aliphatic carbocycles. The molecule has 1 aromatic rings. The number of rotatable bonds is 7. The van der Waals surface area contributed by atoms with E-state index >= 15 is 0 Å². The lowest BCUT2D eigenvalue weighted by Gasteiger charge is -2.11. The van der Waals surface area contributed by atoms with E-state index in [0.717, 1.165) is 6.26 Å². The van der Waals surface area contributed by atoms with Gasteiger partial charge in [-0.2, -0.15) is 0 Å². The first-order chi connectivity index (χ1) is 11.3. The average molecular weight is 355 g/mol. The monoisotopic (exact) mass is 355 g/mol. The Bertz CT molecular complexity index is 698. The van der Waals surface area contributed by atoms with Crippen LogP contribution in [0, 0.1) is 11.8 Å². The second-order valence-corrected chi connectivity index (χ2v) is 7.94. The number of sulfone groups is 1. The van der Waals surface area contributed by atoms with Crippen LogP contribution in [0.4, 0.5) is 0 Å². The lowest BCUT2D eigenvalue weighted by atomic mass is 10.0. The second-order valence-electron chi connectivity index (χ2n) is 5.93. The van der Waals surface area contributed by atoms with Crippen molar-refractivity contribution in [3.8, 4) is 5.75 Å². The minimum absolute atomic E-state index is 0.144. The van der Waals surface area contributed by atoms with Crippen LogP contribution in [-0.4, -0.2) is 44.8 Å². The second kappa shape index (κ2) is 7.65. The third kappa shape index (κ3) is 4.95. The molecule has 132 valence electrons. The summed E-state index contributed by atoms with van der Waals surface area (Å²) in [7, 11) is -3.23. The van der Waals surface area contributed by atoms with Crippen LogP contribution in [0.1, 0.15) is 19.3 Å². The lowest BCUT2D eigenvalue weighted by Crippen LogP contribution is -2.33. The van der Waals surface area contributed by atoms with Crippen LogP contribution in [0.3, 0.4) is 0 Å². The van der Waals surface area contributed by atoms with Gasteiger partial charge in [-0.3, -0.25) is 9.59 Å². The molecule has 0 unspecified atom stereocenters. The Balaban J connectivity index is 1.71. The number of carboxylic acids is 1. The molecule has 7 nitrogen and oxygen atoms in total. The number of amides is 1. The summed E-state index contributed by atoms with van der Waals surface area (Å²) in [5.74, 6) is -1.14. The molecule has 0 heterocycles. The van der Waals surface area contributed by atoms with E-state index in [4.69, 9.17) is 9.84 Å². The molecule has 1 aromatic carbocycles. The summed E-state index contributed by atoms with van der Waals surface area (Å²) in [5, 5.41) is 11.7. The molecule has 0 aromatic heterocycles. The average Bonchev–Trinajstić information content (AvgIpc) is 3.01. The third-order valence-electron chi connectivity index (χ3n) is 4.07. The standard InChI is InChI=1S/C16H21NO6S/c1-24(21,22)14-6-4-13(5-7-14)23-9-8-17-15(18)11-2-3-12(10-11)16(19)20/h4-7,11-12H,2-3,8-10H2,1H3,(H,17,18)(H,19,20)/t11-,12+/m1/s1. The smallest absolute Gasteiger partial charge is 0.306 e. The van der Waals surface area contributed by atoms with Crippen molar-refractivity contribution in [2.75, 3.05) is 19.4 Å². The van der Waals surface area contributed by atoms with Crippen molar-refractivity contribution in [1.29, 1.82) is 0 Å². The van der Waals surface area contributed by atoms with Gasteiger partial charge < -0.3 is 15.2 Å². The summed E-state index contributed by atoms with van der Waals surface area (Å²) in [6.45, 7) is 0.555. The highest BCUT2D eigenvalue weighted by atomic mass is 32.2. The largest absolute Gasteiger partial charge is 0.492 e. The predicted molar refractivity (Wildman–Crippen MR) is 86.5 cm³/mol. The van der Waals surface area contributed by atoms with E-state index in [2.05, 4.69) is 5.32 Å².